The zero-order valence-corrected chi connectivity index (χ0v) is 8.63. The summed E-state index contributed by atoms with van der Waals surface area (Å²) >= 11 is 0. The maximum Gasteiger partial charge on any atom is 0.157 e. The summed E-state index contributed by atoms with van der Waals surface area (Å²) in [4.78, 5) is 4.25. The number of pyridine rings is 1. The Balaban J connectivity index is 2.30. The summed E-state index contributed by atoms with van der Waals surface area (Å²) in [5.41, 5.74) is 6.25. The summed E-state index contributed by atoms with van der Waals surface area (Å²) in [6.45, 7) is 0.159. The van der Waals surface area contributed by atoms with Crippen molar-refractivity contribution in [3.05, 3.63) is 36.5 Å². The molecule has 0 radical (unpaired) electrons. The first-order valence-electron chi connectivity index (χ1n) is 4.80. The van der Waals surface area contributed by atoms with Gasteiger partial charge in [0.05, 0.1) is 0 Å². The number of rotatable bonds is 3. The van der Waals surface area contributed by atoms with E-state index < -0.39 is 0 Å². The SMILES string of the molecule is N/N=C(\N)COc1cccc2cccnc12. The molecular formula is C11H12N4O. The number of amidine groups is 1. The van der Waals surface area contributed by atoms with Crippen LogP contribution in [0.1, 0.15) is 0 Å². The van der Waals surface area contributed by atoms with Crippen molar-refractivity contribution in [2.45, 2.75) is 0 Å². The molecule has 0 aliphatic rings. The minimum atomic E-state index is 0.159. The van der Waals surface area contributed by atoms with Gasteiger partial charge < -0.3 is 16.3 Å². The maximum absolute atomic E-state index is 5.47. The van der Waals surface area contributed by atoms with E-state index in [-0.39, 0.29) is 12.4 Å². The lowest BCUT2D eigenvalue weighted by atomic mass is 10.2. The molecule has 82 valence electrons. The van der Waals surface area contributed by atoms with Crippen LogP contribution in [0.3, 0.4) is 0 Å². The largest absolute Gasteiger partial charge is 0.483 e. The van der Waals surface area contributed by atoms with Crippen LogP contribution >= 0.6 is 0 Å². The number of nitrogens with zero attached hydrogens (tertiary/aromatic N) is 2. The van der Waals surface area contributed by atoms with Crippen LogP contribution in [-0.2, 0) is 0 Å². The van der Waals surface area contributed by atoms with Crippen LogP contribution in [0.5, 0.6) is 5.75 Å². The number of fused-ring (bicyclic) bond motifs is 1. The first-order valence-corrected chi connectivity index (χ1v) is 4.80. The molecule has 16 heavy (non-hydrogen) atoms. The van der Waals surface area contributed by atoms with Gasteiger partial charge in [-0.3, -0.25) is 4.98 Å². The fourth-order valence-electron chi connectivity index (χ4n) is 1.38. The number of ether oxygens (including phenoxy) is 1. The van der Waals surface area contributed by atoms with Gasteiger partial charge in [-0.2, -0.15) is 5.10 Å². The molecule has 1 heterocycles. The average molecular weight is 216 g/mol. The second kappa shape index (κ2) is 4.48. The Morgan fingerprint density at radius 1 is 1.31 bits per heavy atom. The summed E-state index contributed by atoms with van der Waals surface area (Å²) in [6.07, 6.45) is 1.72. The Hall–Kier alpha value is -2.30. The van der Waals surface area contributed by atoms with Crippen molar-refractivity contribution in [2.24, 2.45) is 16.7 Å². The fraction of sp³-hybridized carbons (Fsp3) is 0.0909. The number of para-hydroxylation sites is 1. The molecule has 4 N–H and O–H groups in total. The number of nitrogens with two attached hydrogens (primary N) is 2. The summed E-state index contributed by atoms with van der Waals surface area (Å²) < 4.78 is 5.47. The fourth-order valence-corrected chi connectivity index (χ4v) is 1.38. The van der Waals surface area contributed by atoms with Crippen LogP contribution < -0.4 is 16.3 Å². The van der Waals surface area contributed by atoms with Gasteiger partial charge in [-0.1, -0.05) is 18.2 Å². The lowest BCUT2D eigenvalue weighted by Gasteiger charge is -2.07. The molecule has 2 aromatic rings. The van der Waals surface area contributed by atoms with E-state index in [2.05, 4.69) is 10.1 Å². The molecule has 0 atom stereocenters. The minimum absolute atomic E-state index is 0.159. The van der Waals surface area contributed by atoms with Crippen LogP contribution in [0.2, 0.25) is 0 Å². The van der Waals surface area contributed by atoms with E-state index >= 15 is 0 Å². The predicted octanol–water partition coefficient (Wildman–Crippen LogP) is 0.844. The molecule has 1 aromatic carbocycles. The molecule has 0 spiro atoms. The lowest BCUT2D eigenvalue weighted by molar-refractivity contribution is 0.378. The Kier molecular flexibility index (Phi) is 2.86. The summed E-state index contributed by atoms with van der Waals surface area (Å²) in [6, 6.07) is 9.54. The highest BCUT2D eigenvalue weighted by atomic mass is 16.5. The van der Waals surface area contributed by atoms with Crippen molar-refractivity contribution in [2.75, 3.05) is 6.61 Å². The van der Waals surface area contributed by atoms with Crippen molar-refractivity contribution in [1.29, 1.82) is 0 Å². The minimum Gasteiger partial charge on any atom is -0.483 e. The molecule has 2 rings (SSSR count). The third kappa shape index (κ3) is 2.03. The highest BCUT2D eigenvalue weighted by molar-refractivity contribution is 5.85. The molecule has 0 bridgehead atoms. The number of hydrazone groups is 1. The number of hydrogen-bond donors (Lipinski definition) is 2. The monoisotopic (exact) mass is 216 g/mol. The quantitative estimate of drug-likeness (QED) is 0.344. The normalized spacial score (nSPS) is 11.6. The summed E-state index contributed by atoms with van der Waals surface area (Å²) in [5, 5.41) is 4.35. The van der Waals surface area contributed by atoms with Gasteiger partial charge in [-0.05, 0) is 12.1 Å². The van der Waals surface area contributed by atoms with Crippen LogP contribution in [0.4, 0.5) is 0 Å². The van der Waals surface area contributed by atoms with E-state index in [1.165, 1.54) is 0 Å². The summed E-state index contributed by atoms with van der Waals surface area (Å²) in [7, 11) is 0. The number of hydrogen-bond acceptors (Lipinski definition) is 4. The van der Waals surface area contributed by atoms with Gasteiger partial charge in [0.25, 0.3) is 0 Å². The third-order valence-corrected chi connectivity index (χ3v) is 2.14. The molecule has 0 saturated heterocycles. The predicted molar refractivity (Wildman–Crippen MR) is 63.0 cm³/mol. The van der Waals surface area contributed by atoms with Crippen LogP contribution in [0, 0.1) is 0 Å². The maximum atomic E-state index is 5.47. The second-order valence-electron chi connectivity index (χ2n) is 3.24. The highest BCUT2D eigenvalue weighted by Crippen LogP contribution is 2.22. The topological polar surface area (TPSA) is 86.5 Å². The van der Waals surface area contributed by atoms with Gasteiger partial charge in [-0.25, -0.2) is 0 Å². The zero-order chi connectivity index (χ0) is 11.4. The standard InChI is InChI=1S/C11H12N4O/c12-10(15-13)7-16-9-5-1-3-8-4-2-6-14-11(8)9/h1-6H,7,13H2,(H2,12,15). The van der Waals surface area contributed by atoms with Crippen molar-refractivity contribution in [3.8, 4) is 5.75 Å². The Bertz CT molecular complexity index is 519. The number of aromatic nitrogens is 1. The third-order valence-electron chi connectivity index (χ3n) is 2.14. The van der Waals surface area contributed by atoms with Crippen LogP contribution in [0.25, 0.3) is 10.9 Å². The lowest BCUT2D eigenvalue weighted by Crippen LogP contribution is -2.22. The smallest absolute Gasteiger partial charge is 0.157 e. The molecule has 0 aliphatic carbocycles. The van der Waals surface area contributed by atoms with Gasteiger partial charge in [0.1, 0.15) is 17.9 Å². The number of benzene rings is 1. The summed E-state index contributed by atoms with van der Waals surface area (Å²) in [5.74, 6) is 5.93. The zero-order valence-electron chi connectivity index (χ0n) is 8.63. The first-order chi connectivity index (χ1) is 7.81. The molecule has 0 aliphatic heterocycles. The molecule has 0 saturated carbocycles. The average Bonchev–Trinajstić information content (AvgIpc) is 2.35. The van der Waals surface area contributed by atoms with E-state index in [1.807, 2.05) is 30.3 Å². The molecule has 0 amide bonds. The molecule has 0 unspecified atom stereocenters. The van der Waals surface area contributed by atoms with Crippen LogP contribution in [-0.4, -0.2) is 17.4 Å². The molecule has 5 nitrogen and oxygen atoms in total. The van der Waals surface area contributed by atoms with Gasteiger partial charge in [0, 0.05) is 11.6 Å². The van der Waals surface area contributed by atoms with E-state index in [9.17, 15) is 0 Å². The van der Waals surface area contributed by atoms with E-state index in [1.54, 1.807) is 6.20 Å². The van der Waals surface area contributed by atoms with Crippen LogP contribution in [0.15, 0.2) is 41.6 Å². The first kappa shape index (κ1) is 10.2. The molecular weight excluding hydrogens is 204 g/mol. The van der Waals surface area contributed by atoms with Gasteiger partial charge >= 0.3 is 0 Å². The van der Waals surface area contributed by atoms with E-state index in [0.717, 1.165) is 10.9 Å². The molecule has 1 aromatic heterocycles. The highest BCUT2D eigenvalue weighted by Gasteiger charge is 2.02. The van der Waals surface area contributed by atoms with E-state index in [0.29, 0.717) is 5.75 Å². The Labute approximate surface area is 92.7 Å². The van der Waals surface area contributed by atoms with Crippen molar-refractivity contribution >= 4 is 16.7 Å². The molecule has 0 fully saturated rings. The Morgan fingerprint density at radius 2 is 2.12 bits per heavy atom. The van der Waals surface area contributed by atoms with Gasteiger partial charge in [-0.15, -0.1) is 0 Å². The van der Waals surface area contributed by atoms with Gasteiger partial charge in [0.15, 0.2) is 5.84 Å². The van der Waals surface area contributed by atoms with E-state index in [4.69, 9.17) is 16.3 Å². The van der Waals surface area contributed by atoms with Crippen molar-refractivity contribution in [1.82, 2.24) is 4.98 Å². The Morgan fingerprint density at radius 3 is 2.94 bits per heavy atom. The van der Waals surface area contributed by atoms with Crippen molar-refractivity contribution < 1.29 is 4.74 Å². The molecule has 5 heteroatoms. The second-order valence-corrected chi connectivity index (χ2v) is 3.24. The van der Waals surface area contributed by atoms with Gasteiger partial charge in [0.2, 0.25) is 0 Å². The van der Waals surface area contributed by atoms with Crippen molar-refractivity contribution in [3.63, 3.8) is 0 Å².